The summed E-state index contributed by atoms with van der Waals surface area (Å²) in [5.41, 5.74) is 0.584. The Kier molecular flexibility index (Phi) is 3.86. The van der Waals surface area contributed by atoms with E-state index in [2.05, 4.69) is 22.6 Å². The molecule has 0 aliphatic heterocycles. The lowest BCUT2D eigenvalue weighted by Gasteiger charge is -2.11. The third-order valence-electron chi connectivity index (χ3n) is 3.57. The highest BCUT2D eigenvalue weighted by atomic mass is 127. The Balaban J connectivity index is 2.23. The van der Waals surface area contributed by atoms with Crippen molar-refractivity contribution in [3.63, 3.8) is 0 Å². The minimum atomic E-state index is -0.386. The molecule has 0 saturated carbocycles. The number of hydrogen-bond acceptors (Lipinski definition) is 2. The van der Waals surface area contributed by atoms with Crippen LogP contribution < -0.4 is 11.2 Å². The van der Waals surface area contributed by atoms with E-state index < -0.39 is 0 Å². The van der Waals surface area contributed by atoms with Gasteiger partial charge in [0.25, 0.3) is 5.56 Å². The van der Waals surface area contributed by atoms with E-state index in [0.29, 0.717) is 16.5 Å². The molecular weight excluding hydrogens is 398 g/mol. The number of fused-ring (bicyclic) bond motifs is 1. The molecule has 22 heavy (non-hydrogen) atoms. The molecule has 112 valence electrons. The summed E-state index contributed by atoms with van der Waals surface area (Å²) in [6.45, 7) is 0.118. The first-order valence-electron chi connectivity index (χ1n) is 6.61. The Morgan fingerprint density at radius 1 is 1.09 bits per heavy atom. The summed E-state index contributed by atoms with van der Waals surface area (Å²) in [6, 6.07) is 11.1. The summed E-state index contributed by atoms with van der Waals surface area (Å²) in [5, 5.41) is 0.496. The minimum Gasteiger partial charge on any atom is -0.296 e. The molecule has 0 N–H and O–H groups in total. The smallest absolute Gasteiger partial charge is 0.296 e. The predicted molar refractivity (Wildman–Crippen MR) is 91.7 cm³/mol. The van der Waals surface area contributed by atoms with Crippen molar-refractivity contribution < 1.29 is 4.39 Å². The average molecular weight is 410 g/mol. The molecule has 3 rings (SSSR count). The van der Waals surface area contributed by atoms with Gasteiger partial charge in [-0.3, -0.25) is 13.9 Å². The molecule has 6 heteroatoms. The van der Waals surface area contributed by atoms with Gasteiger partial charge in [0.2, 0.25) is 0 Å². The second-order valence-electron chi connectivity index (χ2n) is 5.02. The van der Waals surface area contributed by atoms with Gasteiger partial charge in [0, 0.05) is 10.6 Å². The number of nitrogens with zero attached hydrogens (tertiary/aromatic N) is 2. The van der Waals surface area contributed by atoms with E-state index in [-0.39, 0.29) is 23.6 Å². The largest absolute Gasteiger partial charge is 0.331 e. The van der Waals surface area contributed by atoms with Crippen LogP contribution in [0.4, 0.5) is 4.39 Å². The van der Waals surface area contributed by atoms with Gasteiger partial charge in [-0.15, -0.1) is 0 Å². The van der Waals surface area contributed by atoms with Gasteiger partial charge >= 0.3 is 5.69 Å². The van der Waals surface area contributed by atoms with Gasteiger partial charge in [0.1, 0.15) is 5.82 Å². The Hall–Kier alpha value is -1.96. The summed E-state index contributed by atoms with van der Waals surface area (Å²) in [7, 11) is 1.64. The van der Waals surface area contributed by atoms with Gasteiger partial charge in [-0.25, -0.2) is 9.18 Å². The Bertz CT molecular complexity index is 974. The molecule has 0 bridgehead atoms. The maximum Gasteiger partial charge on any atom is 0.331 e. The summed E-state index contributed by atoms with van der Waals surface area (Å²) in [6.07, 6.45) is 0. The van der Waals surface area contributed by atoms with Crippen molar-refractivity contribution in [2.24, 2.45) is 7.05 Å². The molecule has 1 heterocycles. The van der Waals surface area contributed by atoms with E-state index in [9.17, 15) is 14.0 Å². The number of aromatic nitrogens is 2. The van der Waals surface area contributed by atoms with Gasteiger partial charge < -0.3 is 0 Å². The molecule has 0 unspecified atom stereocenters. The predicted octanol–water partition coefficient (Wildman–Crippen LogP) is 2.49. The average Bonchev–Trinajstić information content (AvgIpc) is 2.51. The number of aryl methyl sites for hydroxylation is 1. The van der Waals surface area contributed by atoms with Crippen molar-refractivity contribution in [3.8, 4) is 0 Å². The molecule has 2 aromatic carbocycles. The SMILES string of the molecule is Cn1c(=O)n(Cc2ccc(F)cc2)c(=O)c2cc(I)ccc21. The van der Waals surface area contributed by atoms with Crippen molar-refractivity contribution in [2.75, 3.05) is 0 Å². The minimum absolute atomic E-state index is 0.118. The van der Waals surface area contributed by atoms with Crippen LogP contribution in [0.15, 0.2) is 52.1 Å². The topological polar surface area (TPSA) is 44.0 Å². The van der Waals surface area contributed by atoms with Crippen LogP contribution in [0, 0.1) is 9.39 Å². The molecule has 0 fully saturated rings. The fraction of sp³-hybridized carbons (Fsp3) is 0.125. The first-order chi connectivity index (χ1) is 10.5. The van der Waals surface area contributed by atoms with E-state index in [1.165, 1.54) is 21.3 Å². The van der Waals surface area contributed by atoms with Gasteiger partial charge in [-0.1, -0.05) is 12.1 Å². The Labute approximate surface area is 139 Å². The summed E-state index contributed by atoms with van der Waals surface area (Å²) in [5.74, 6) is -0.350. The van der Waals surface area contributed by atoms with Crippen LogP contribution in [0.1, 0.15) is 5.56 Å². The van der Waals surface area contributed by atoms with Crippen LogP contribution >= 0.6 is 22.6 Å². The highest BCUT2D eigenvalue weighted by Gasteiger charge is 2.11. The van der Waals surface area contributed by atoms with Crippen molar-refractivity contribution in [1.82, 2.24) is 9.13 Å². The lowest BCUT2D eigenvalue weighted by molar-refractivity contribution is 0.623. The molecule has 0 aliphatic carbocycles. The fourth-order valence-electron chi connectivity index (χ4n) is 2.40. The fourth-order valence-corrected chi connectivity index (χ4v) is 2.89. The number of halogens is 2. The van der Waals surface area contributed by atoms with Crippen LogP contribution in [0.25, 0.3) is 10.9 Å². The number of rotatable bonds is 2. The number of benzene rings is 2. The van der Waals surface area contributed by atoms with E-state index in [0.717, 1.165) is 3.57 Å². The van der Waals surface area contributed by atoms with Gasteiger partial charge in [-0.2, -0.15) is 0 Å². The Morgan fingerprint density at radius 3 is 2.45 bits per heavy atom. The van der Waals surface area contributed by atoms with Crippen LogP contribution in [0.2, 0.25) is 0 Å². The monoisotopic (exact) mass is 410 g/mol. The first-order valence-corrected chi connectivity index (χ1v) is 7.69. The normalized spacial score (nSPS) is 11.0. The lowest BCUT2D eigenvalue weighted by atomic mass is 10.2. The standard InChI is InChI=1S/C16H12FIN2O2/c1-19-14-7-6-12(18)8-13(14)15(21)20(16(19)22)9-10-2-4-11(17)5-3-10/h2-8H,9H2,1H3. The lowest BCUT2D eigenvalue weighted by Crippen LogP contribution is -2.39. The molecule has 3 aromatic rings. The quantitative estimate of drug-likeness (QED) is 0.610. The maximum atomic E-state index is 13.0. The van der Waals surface area contributed by atoms with E-state index in [4.69, 9.17) is 0 Å². The molecule has 0 amide bonds. The third kappa shape index (κ3) is 2.58. The summed E-state index contributed by atoms with van der Waals surface area (Å²) >= 11 is 2.13. The van der Waals surface area contributed by atoms with Gasteiger partial charge in [-0.05, 0) is 58.5 Å². The van der Waals surface area contributed by atoms with Crippen molar-refractivity contribution in [2.45, 2.75) is 6.54 Å². The molecule has 1 aromatic heterocycles. The van der Waals surface area contributed by atoms with Crippen LogP contribution in [0.3, 0.4) is 0 Å². The highest BCUT2D eigenvalue weighted by molar-refractivity contribution is 14.1. The molecule has 0 atom stereocenters. The van der Waals surface area contributed by atoms with Crippen molar-refractivity contribution in [1.29, 1.82) is 0 Å². The Morgan fingerprint density at radius 2 is 1.77 bits per heavy atom. The molecule has 0 saturated heterocycles. The van der Waals surface area contributed by atoms with E-state index >= 15 is 0 Å². The summed E-state index contributed by atoms with van der Waals surface area (Å²) in [4.78, 5) is 25.0. The van der Waals surface area contributed by atoms with Crippen LogP contribution in [-0.2, 0) is 13.6 Å². The zero-order valence-electron chi connectivity index (χ0n) is 11.7. The van der Waals surface area contributed by atoms with Crippen molar-refractivity contribution in [3.05, 3.63) is 78.3 Å². The molecule has 0 spiro atoms. The molecule has 0 radical (unpaired) electrons. The van der Waals surface area contributed by atoms with Crippen molar-refractivity contribution >= 4 is 33.5 Å². The zero-order valence-corrected chi connectivity index (χ0v) is 13.9. The molecule has 0 aliphatic rings. The van der Waals surface area contributed by atoms with Gasteiger partial charge in [0.05, 0.1) is 17.4 Å². The molecular formula is C16H12FIN2O2. The second-order valence-corrected chi connectivity index (χ2v) is 6.27. The number of hydrogen-bond donors (Lipinski definition) is 0. The van der Waals surface area contributed by atoms with Crippen LogP contribution in [-0.4, -0.2) is 9.13 Å². The highest BCUT2D eigenvalue weighted by Crippen LogP contribution is 2.12. The molecule has 4 nitrogen and oxygen atoms in total. The van der Waals surface area contributed by atoms with E-state index in [1.54, 1.807) is 31.3 Å². The third-order valence-corrected chi connectivity index (χ3v) is 4.24. The van der Waals surface area contributed by atoms with Crippen LogP contribution in [0.5, 0.6) is 0 Å². The maximum absolute atomic E-state index is 13.0. The van der Waals surface area contributed by atoms with Gasteiger partial charge in [0.15, 0.2) is 0 Å². The second kappa shape index (κ2) is 5.68. The first kappa shape index (κ1) is 15.0. The summed E-state index contributed by atoms with van der Waals surface area (Å²) < 4.78 is 16.5. The zero-order chi connectivity index (χ0) is 15.9. The van der Waals surface area contributed by atoms with E-state index in [1.807, 2.05) is 6.07 Å².